The number of carbonyl (C=O) groups excluding carboxylic acids is 2. The zero-order valence-corrected chi connectivity index (χ0v) is 12.4. The van der Waals surface area contributed by atoms with Gasteiger partial charge in [-0.3, -0.25) is 0 Å². The summed E-state index contributed by atoms with van der Waals surface area (Å²) >= 11 is 0. The molecule has 0 aromatic rings. The van der Waals surface area contributed by atoms with Gasteiger partial charge >= 0.3 is 12.2 Å². The molecule has 108 valence electrons. The highest BCUT2D eigenvalue weighted by Crippen LogP contribution is 2.33. The molecule has 2 atom stereocenters. The molecule has 5 heteroatoms. The molecule has 1 fully saturated rings. The summed E-state index contributed by atoms with van der Waals surface area (Å²) in [5.41, 5.74) is 0.207. The summed E-state index contributed by atoms with van der Waals surface area (Å²) in [6.07, 6.45) is 0.128. The van der Waals surface area contributed by atoms with Crippen molar-refractivity contribution < 1.29 is 19.1 Å². The summed E-state index contributed by atoms with van der Waals surface area (Å²) in [4.78, 5) is 25.0. The van der Waals surface area contributed by atoms with Crippen LogP contribution in [0.3, 0.4) is 0 Å². The lowest BCUT2D eigenvalue weighted by Gasteiger charge is -2.29. The van der Waals surface area contributed by atoms with E-state index in [2.05, 4.69) is 18.2 Å². The quantitative estimate of drug-likeness (QED) is 0.685. The molecule has 0 heterocycles. The van der Waals surface area contributed by atoms with Crippen molar-refractivity contribution >= 4 is 12.2 Å². The molecule has 0 spiro atoms. The molecule has 0 N–H and O–H groups in total. The number of nitrogens with zero attached hydrogens (tertiary/aromatic N) is 1. The molecule has 1 aliphatic rings. The van der Waals surface area contributed by atoms with Gasteiger partial charge in [-0.05, 0) is 39.5 Å². The molecule has 0 saturated heterocycles. The van der Waals surface area contributed by atoms with E-state index in [0.717, 1.165) is 16.9 Å². The maximum Gasteiger partial charge on any atom is 0.420 e. The molecule has 0 radical (unpaired) electrons. The van der Waals surface area contributed by atoms with Crippen molar-refractivity contribution in [2.75, 3.05) is 7.11 Å². The zero-order valence-electron chi connectivity index (χ0n) is 12.4. The maximum atomic E-state index is 12.2. The Hall–Kier alpha value is -1.52. The van der Waals surface area contributed by atoms with E-state index in [1.165, 1.54) is 7.11 Å². The van der Waals surface area contributed by atoms with Crippen molar-refractivity contribution in [3.05, 3.63) is 12.2 Å². The van der Waals surface area contributed by atoms with Crippen LogP contribution in [0.1, 0.15) is 40.5 Å². The second-order valence-electron chi connectivity index (χ2n) is 6.04. The molecule has 0 bridgehead atoms. The van der Waals surface area contributed by atoms with Gasteiger partial charge in [0.1, 0.15) is 5.60 Å². The SMILES string of the molecule is C=C1CC(C)CC1N(C(=O)OC)C(=O)OC(C)(C)C. The number of methoxy groups -OCH3 is 1. The Labute approximate surface area is 114 Å². The van der Waals surface area contributed by atoms with Gasteiger partial charge in [-0.1, -0.05) is 19.1 Å². The van der Waals surface area contributed by atoms with Gasteiger partial charge in [0.05, 0.1) is 13.2 Å². The van der Waals surface area contributed by atoms with Crippen LogP contribution in [-0.2, 0) is 9.47 Å². The van der Waals surface area contributed by atoms with E-state index in [1.807, 2.05) is 0 Å². The Morgan fingerprint density at radius 2 is 1.89 bits per heavy atom. The van der Waals surface area contributed by atoms with Crippen molar-refractivity contribution in [1.82, 2.24) is 4.90 Å². The summed E-state index contributed by atoms with van der Waals surface area (Å²) in [5.74, 6) is 0.395. The van der Waals surface area contributed by atoms with Gasteiger partial charge in [-0.2, -0.15) is 0 Å². The van der Waals surface area contributed by atoms with Crippen LogP contribution in [0, 0.1) is 5.92 Å². The van der Waals surface area contributed by atoms with Crippen LogP contribution in [-0.4, -0.2) is 35.8 Å². The van der Waals surface area contributed by atoms with Crippen molar-refractivity contribution in [3.63, 3.8) is 0 Å². The molecule has 2 unspecified atom stereocenters. The number of imide groups is 1. The third-order valence-corrected chi connectivity index (χ3v) is 2.98. The Kier molecular flexibility index (Phi) is 4.61. The van der Waals surface area contributed by atoms with Crippen LogP contribution in [0.2, 0.25) is 0 Å². The van der Waals surface area contributed by atoms with Crippen LogP contribution >= 0.6 is 0 Å². The molecule has 5 nitrogen and oxygen atoms in total. The molecule has 0 aromatic heterocycles. The fourth-order valence-corrected chi connectivity index (χ4v) is 2.24. The average molecular weight is 269 g/mol. The number of hydrogen-bond acceptors (Lipinski definition) is 4. The fraction of sp³-hybridized carbons (Fsp3) is 0.714. The summed E-state index contributed by atoms with van der Waals surface area (Å²) in [6.45, 7) is 11.3. The van der Waals surface area contributed by atoms with Gasteiger partial charge in [-0.15, -0.1) is 0 Å². The molecule has 2 amide bonds. The molecule has 1 rings (SSSR count). The highest BCUT2D eigenvalue weighted by molar-refractivity contribution is 5.89. The Morgan fingerprint density at radius 3 is 2.26 bits per heavy atom. The van der Waals surface area contributed by atoms with Crippen LogP contribution in [0.4, 0.5) is 9.59 Å². The average Bonchev–Trinajstić information content (AvgIpc) is 2.55. The molecular weight excluding hydrogens is 246 g/mol. The Morgan fingerprint density at radius 1 is 1.32 bits per heavy atom. The number of rotatable bonds is 1. The second-order valence-corrected chi connectivity index (χ2v) is 6.04. The largest absolute Gasteiger partial charge is 0.452 e. The summed E-state index contributed by atoms with van der Waals surface area (Å²) in [5, 5.41) is 0. The molecular formula is C14H23NO4. The molecule has 1 saturated carbocycles. The fourth-order valence-electron chi connectivity index (χ4n) is 2.24. The first-order chi connectivity index (χ1) is 8.65. The van der Waals surface area contributed by atoms with Crippen molar-refractivity contribution in [2.45, 2.75) is 52.2 Å². The van der Waals surface area contributed by atoms with Crippen LogP contribution in [0.15, 0.2) is 12.2 Å². The van der Waals surface area contributed by atoms with Gasteiger partial charge in [0, 0.05) is 0 Å². The van der Waals surface area contributed by atoms with Gasteiger partial charge in [-0.25, -0.2) is 14.5 Å². The highest BCUT2D eigenvalue weighted by Gasteiger charge is 2.39. The first-order valence-corrected chi connectivity index (χ1v) is 6.43. The van der Waals surface area contributed by atoms with Crippen molar-refractivity contribution in [3.8, 4) is 0 Å². The minimum atomic E-state index is -0.700. The Bertz CT molecular complexity index is 383. The topological polar surface area (TPSA) is 55.8 Å². The predicted octanol–water partition coefficient (Wildman–Crippen LogP) is 3.34. The minimum Gasteiger partial charge on any atom is -0.452 e. The second kappa shape index (κ2) is 5.63. The van der Waals surface area contributed by atoms with Crippen molar-refractivity contribution in [2.24, 2.45) is 5.92 Å². The third-order valence-electron chi connectivity index (χ3n) is 2.98. The number of carbonyl (C=O) groups is 2. The van der Waals surface area contributed by atoms with Crippen LogP contribution in [0.5, 0.6) is 0 Å². The van der Waals surface area contributed by atoms with E-state index in [1.54, 1.807) is 20.8 Å². The normalized spacial score (nSPS) is 23.1. The van der Waals surface area contributed by atoms with E-state index in [0.29, 0.717) is 12.3 Å². The minimum absolute atomic E-state index is 0.336. The Balaban J connectivity index is 2.93. The summed E-state index contributed by atoms with van der Waals surface area (Å²) in [7, 11) is 1.25. The van der Waals surface area contributed by atoms with E-state index in [-0.39, 0.29) is 6.04 Å². The molecule has 19 heavy (non-hydrogen) atoms. The van der Waals surface area contributed by atoms with Gasteiger partial charge in [0.2, 0.25) is 0 Å². The zero-order chi connectivity index (χ0) is 14.8. The standard InChI is InChI=1S/C14H23NO4/c1-9-7-10(2)11(8-9)15(12(16)18-6)13(17)19-14(3,4)5/h9,11H,2,7-8H2,1,3-6H3. The van der Waals surface area contributed by atoms with Gasteiger partial charge in [0.15, 0.2) is 0 Å². The van der Waals surface area contributed by atoms with E-state index < -0.39 is 17.8 Å². The number of amides is 2. The monoisotopic (exact) mass is 269 g/mol. The first-order valence-electron chi connectivity index (χ1n) is 6.43. The van der Waals surface area contributed by atoms with E-state index >= 15 is 0 Å². The maximum absolute atomic E-state index is 12.2. The van der Waals surface area contributed by atoms with Crippen molar-refractivity contribution in [1.29, 1.82) is 0 Å². The molecule has 0 aromatic carbocycles. The first kappa shape index (κ1) is 15.5. The lowest BCUT2D eigenvalue weighted by molar-refractivity contribution is 0.0191. The number of ether oxygens (including phenoxy) is 2. The molecule has 0 aliphatic heterocycles. The predicted molar refractivity (Wildman–Crippen MR) is 71.8 cm³/mol. The van der Waals surface area contributed by atoms with Gasteiger partial charge in [0.25, 0.3) is 0 Å². The molecule has 1 aliphatic carbocycles. The summed E-state index contributed by atoms with van der Waals surface area (Å²) in [6, 6.07) is -0.336. The van der Waals surface area contributed by atoms with Gasteiger partial charge < -0.3 is 9.47 Å². The lowest BCUT2D eigenvalue weighted by Crippen LogP contribution is -2.46. The van der Waals surface area contributed by atoms with Crippen LogP contribution in [0.25, 0.3) is 0 Å². The van der Waals surface area contributed by atoms with Crippen LogP contribution < -0.4 is 0 Å². The van der Waals surface area contributed by atoms with E-state index in [4.69, 9.17) is 4.74 Å². The van der Waals surface area contributed by atoms with E-state index in [9.17, 15) is 9.59 Å². The number of hydrogen-bond donors (Lipinski definition) is 0. The smallest absolute Gasteiger partial charge is 0.420 e. The third kappa shape index (κ3) is 3.98. The summed E-state index contributed by atoms with van der Waals surface area (Å²) < 4.78 is 9.95. The highest BCUT2D eigenvalue weighted by atomic mass is 16.6. The lowest BCUT2D eigenvalue weighted by atomic mass is 10.1.